The zero-order valence-corrected chi connectivity index (χ0v) is 15.8. The summed E-state index contributed by atoms with van der Waals surface area (Å²) in [6.07, 6.45) is 1.67. The predicted octanol–water partition coefficient (Wildman–Crippen LogP) is 4.21. The second-order valence-electron chi connectivity index (χ2n) is 5.93. The first-order chi connectivity index (χ1) is 13.7. The molecule has 6 heteroatoms. The maximum Gasteiger partial charge on any atom is 0.251 e. The number of carbonyl (C=O) groups is 1. The molecule has 144 valence electrons. The van der Waals surface area contributed by atoms with Gasteiger partial charge in [0.2, 0.25) is 5.88 Å². The van der Waals surface area contributed by atoms with E-state index in [0.29, 0.717) is 41.8 Å². The van der Waals surface area contributed by atoms with Gasteiger partial charge in [-0.15, -0.1) is 0 Å². The van der Waals surface area contributed by atoms with E-state index in [9.17, 15) is 4.79 Å². The van der Waals surface area contributed by atoms with E-state index in [2.05, 4.69) is 10.3 Å². The summed E-state index contributed by atoms with van der Waals surface area (Å²) >= 11 is 0. The molecule has 3 aromatic rings. The van der Waals surface area contributed by atoms with Crippen molar-refractivity contribution in [3.8, 4) is 23.1 Å². The number of ether oxygens (including phenoxy) is 3. The minimum absolute atomic E-state index is 0.168. The lowest BCUT2D eigenvalue weighted by Crippen LogP contribution is -2.22. The van der Waals surface area contributed by atoms with E-state index in [0.717, 1.165) is 5.56 Å². The van der Waals surface area contributed by atoms with Crippen LogP contribution in [0.15, 0.2) is 66.9 Å². The van der Waals surface area contributed by atoms with E-state index in [1.807, 2.05) is 37.3 Å². The molecule has 0 spiro atoms. The third-order valence-electron chi connectivity index (χ3n) is 3.92. The molecule has 0 atom stereocenters. The van der Waals surface area contributed by atoms with E-state index < -0.39 is 0 Å². The van der Waals surface area contributed by atoms with Crippen LogP contribution in [0.25, 0.3) is 0 Å². The molecule has 0 unspecified atom stereocenters. The normalized spacial score (nSPS) is 10.2. The topological polar surface area (TPSA) is 69.7 Å². The number of methoxy groups -OCH3 is 1. The van der Waals surface area contributed by atoms with Crippen LogP contribution in [-0.2, 0) is 6.54 Å². The quantitative estimate of drug-likeness (QED) is 0.636. The maximum atomic E-state index is 12.3. The number of rotatable bonds is 8. The summed E-state index contributed by atoms with van der Waals surface area (Å²) in [6, 6.07) is 18.0. The van der Waals surface area contributed by atoms with Crippen LogP contribution < -0.4 is 19.5 Å². The fourth-order valence-electron chi connectivity index (χ4n) is 2.54. The number of hydrogen-bond acceptors (Lipinski definition) is 5. The first kappa shape index (κ1) is 19.2. The fraction of sp³-hybridized carbons (Fsp3) is 0.182. The summed E-state index contributed by atoms with van der Waals surface area (Å²) in [5.74, 6) is 2.33. The highest BCUT2D eigenvalue weighted by molar-refractivity contribution is 5.94. The Kier molecular flexibility index (Phi) is 6.46. The van der Waals surface area contributed by atoms with Crippen LogP contribution >= 0.6 is 0 Å². The fourth-order valence-corrected chi connectivity index (χ4v) is 2.54. The van der Waals surface area contributed by atoms with Gasteiger partial charge in [0.15, 0.2) is 0 Å². The van der Waals surface area contributed by atoms with Crippen LogP contribution in [-0.4, -0.2) is 24.6 Å². The molecule has 0 aliphatic carbocycles. The van der Waals surface area contributed by atoms with Crippen LogP contribution in [0.1, 0.15) is 22.8 Å². The first-order valence-corrected chi connectivity index (χ1v) is 8.96. The van der Waals surface area contributed by atoms with Crippen molar-refractivity contribution >= 4 is 5.91 Å². The van der Waals surface area contributed by atoms with Crippen LogP contribution in [0.2, 0.25) is 0 Å². The lowest BCUT2D eigenvalue weighted by atomic mass is 10.2. The van der Waals surface area contributed by atoms with Gasteiger partial charge in [-0.3, -0.25) is 4.79 Å². The van der Waals surface area contributed by atoms with E-state index in [-0.39, 0.29) is 5.91 Å². The third-order valence-corrected chi connectivity index (χ3v) is 3.92. The molecule has 0 aliphatic rings. The number of pyridine rings is 1. The van der Waals surface area contributed by atoms with Crippen LogP contribution in [0.5, 0.6) is 23.1 Å². The molecule has 1 aromatic heterocycles. The Balaban J connectivity index is 1.56. The number of amides is 1. The minimum Gasteiger partial charge on any atom is -0.497 e. The number of hydrogen-bond donors (Lipinski definition) is 1. The van der Waals surface area contributed by atoms with Gasteiger partial charge < -0.3 is 19.5 Å². The second-order valence-corrected chi connectivity index (χ2v) is 5.93. The lowest BCUT2D eigenvalue weighted by Gasteiger charge is -2.09. The van der Waals surface area contributed by atoms with Gasteiger partial charge in [0.05, 0.1) is 13.7 Å². The molecule has 1 amide bonds. The van der Waals surface area contributed by atoms with E-state index in [1.54, 1.807) is 43.6 Å². The number of nitrogens with one attached hydrogen (secondary N) is 1. The Morgan fingerprint density at radius 2 is 1.79 bits per heavy atom. The standard InChI is InChI=1S/C22H22N2O4/c1-3-27-19-8-4-6-17(12-19)22(25)24-15-16-10-11-21(23-14-16)28-20-9-5-7-18(13-20)26-2/h4-14H,3,15H2,1-2H3,(H,24,25). The molecule has 0 bridgehead atoms. The molecular formula is C22H22N2O4. The zero-order valence-electron chi connectivity index (χ0n) is 15.8. The van der Waals surface area contributed by atoms with Gasteiger partial charge in [-0.05, 0) is 42.8 Å². The van der Waals surface area contributed by atoms with E-state index in [4.69, 9.17) is 14.2 Å². The molecule has 0 aliphatic heterocycles. The average Bonchev–Trinajstić information content (AvgIpc) is 2.73. The van der Waals surface area contributed by atoms with Gasteiger partial charge in [-0.2, -0.15) is 0 Å². The Morgan fingerprint density at radius 1 is 1.00 bits per heavy atom. The summed E-state index contributed by atoms with van der Waals surface area (Å²) in [5, 5.41) is 2.88. The zero-order chi connectivity index (χ0) is 19.8. The van der Waals surface area contributed by atoms with E-state index >= 15 is 0 Å². The van der Waals surface area contributed by atoms with Gasteiger partial charge >= 0.3 is 0 Å². The molecule has 1 heterocycles. The van der Waals surface area contributed by atoms with E-state index in [1.165, 1.54) is 0 Å². The molecule has 28 heavy (non-hydrogen) atoms. The summed E-state index contributed by atoms with van der Waals surface area (Å²) in [4.78, 5) is 16.6. The molecule has 0 radical (unpaired) electrons. The smallest absolute Gasteiger partial charge is 0.251 e. The van der Waals surface area contributed by atoms with Gasteiger partial charge in [0, 0.05) is 30.4 Å². The highest BCUT2D eigenvalue weighted by Gasteiger charge is 2.07. The Bertz CT molecular complexity index is 926. The number of benzene rings is 2. The molecule has 6 nitrogen and oxygen atoms in total. The summed E-state index contributed by atoms with van der Waals surface area (Å²) in [5.41, 5.74) is 1.42. The summed E-state index contributed by atoms with van der Waals surface area (Å²) in [6.45, 7) is 2.83. The highest BCUT2D eigenvalue weighted by Crippen LogP contribution is 2.23. The number of carbonyl (C=O) groups excluding carboxylic acids is 1. The van der Waals surface area contributed by atoms with Crippen molar-refractivity contribution in [1.29, 1.82) is 0 Å². The Labute approximate surface area is 164 Å². The molecule has 2 aromatic carbocycles. The van der Waals surface area contributed by atoms with Crippen molar-refractivity contribution in [3.05, 3.63) is 78.0 Å². The van der Waals surface area contributed by atoms with Crippen molar-refractivity contribution < 1.29 is 19.0 Å². The largest absolute Gasteiger partial charge is 0.497 e. The minimum atomic E-state index is -0.168. The van der Waals surface area contributed by atoms with Crippen LogP contribution in [0.3, 0.4) is 0 Å². The third kappa shape index (κ3) is 5.23. The lowest BCUT2D eigenvalue weighted by molar-refractivity contribution is 0.0950. The molecule has 0 saturated heterocycles. The maximum absolute atomic E-state index is 12.3. The Hall–Kier alpha value is -3.54. The van der Waals surface area contributed by atoms with Crippen molar-refractivity contribution in [2.45, 2.75) is 13.5 Å². The first-order valence-electron chi connectivity index (χ1n) is 8.96. The summed E-state index contributed by atoms with van der Waals surface area (Å²) < 4.78 is 16.3. The average molecular weight is 378 g/mol. The number of aromatic nitrogens is 1. The summed E-state index contributed by atoms with van der Waals surface area (Å²) in [7, 11) is 1.60. The predicted molar refractivity (Wildman–Crippen MR) is 106 cm³/mol. The monoisotopic (exact) mass is 378 g/mol. The van der Waals surface area contributed by atoms with Crippen LogP contribution in [0, 0.1) is 0 Å². The van der Waals surface area contributed by atoms with Gasteiger partial charge in [0.1, 0.15) is 17.2 Å². The van der Waals surface area contributed by atoms with Crippen molar-refractivity contribution in [1.82, 2.24) is 10.3 Å². The Morgan fingerprint density at radius 3 is 2.54 bits per heavy atom. The molecule has 1 N–H and O–H groups in total. The van der Waals surface area contributed by atoms with Gasteiger partial charge in [-0.1, -0.05) is 18.2 Å². The number of nitrogens with zero attached hydrogens (tertiary/aromatic N) is 1. The van der Waals surface area contributed by atoms with Crippen molar-refractivity contribution in [2.75, 3.05) is 13.7 Å². The highest BCUT2D eigenvalue weighted by atomic mass is 16.5. The molecule has 0 fully saturated rings. The molecule has 3 rings (SSSR count). The molecular weight excluding hydrogens is 356 g/mol. The van der Waals surface area contributed by atoms with Crippen LogP contribution in [0.4, 0.5) is 0 Å². The SMILES string of the molecule is CCOc1cccc(C(=O)NCc2ccc(Oc3cccc(OC)c3)nc2)c1. The van der Waals surface area contributed by atoms with Crippen molar-refractivity contribution in [2.24, 2.45) is 0 Å². The van der Waals surface area contributed by atoms with Gasteiger partial charge in [-0.25, -0.2) is 4.98 Å². The molecule has 0 saturated carbocycles. The second kappa shape index (κ2) is 9.41. The van der Waals surface area contributed by atoms with Crippen molar-refractivity contribution in [3.63, 3.8) is 0 Å². The van der Waals surface area contributed by atoms with Gasteiger partial charge in [0.25, 0.3) is 5.91 Å².